The molecule has 11 heavy (non-hydrogen) atoms. The molecule has 0 aliphatic rings. The number of hydrogen-bond acceptors (Lipinski definition) is 2. The number of rotatable bonds is 4. The maximum atomic E-state index is 9.10. The first kappa shape index (κ1) is 9.98. The van der Waals surface area contributed by atoms with Gasteiger partial charge in [0.1, 0.15) is 5.76 Å². The van der Waals surface area contributed by atoms with Crippen LogP contribution in [-0.4, -0.2) is 18.7 Å². The van der Waals surface area contributed by atoms with Crippen molar-refractivity contribution in [2.45, 2.75) is 6.92 Å². The molecule has 0 radical (unpaired) electrons. The van der Waals surface area contributed by atoms with Gasteiger partial charge in [-0.2, -0.15) is 0 Å². The van der Waals surface area contributed by atoms with E-state index in [2.05, 4.69) is 11.9 Å². The second-order valence-corrected chi connectivity index (χ2v) is 2.17. The fraction of sp³-hybridized carbons (Fsp3) is 0.333. The molecular weight excluding hydrogens is 138 g/mol. The average molecular weight is 153 g/mol. The molecular formula is C9H15NO. The van der Waals surface area contributed by atoms with E-state index in [0.717, 1.165) is 12.1 Å². The van der Waals surface area contributed by atoms with E-state index in [1.807, 2.05) is 7.05 Å². The van der Waals surface area contributed by atoms with Crippen molar-refractivity contribution in [1.82, 2.24) is 5.32 Å². The van der Waals surface area contributed by atoms with Gasteiger partial charge < -0.3 is 10.4 Å². The second-order valence-electron chi connectivity index (χ2n) is 2.17. The predicted molar refractivity (Wildman–Crippen MR) is 48.6 cm³/mol. The van der Waals surface area contributed by atoms with Gasteiger partial charge in [-0.3, -0.25) is 0 Å². The van der Waals surface area contributed by atoms with Gasteiger partial charge in [-0.1, -0.05) is 12.7 Å². The summed E-state index contributed by atoms with van der Waals surface area (Å²) in [6.07, 6.45) is 5.04. The second kappa shape index (κ2) is 5.74. The van der Waals surface area contributed by atoms with Crippen LogP contribution in [0.3, 0.4) is 0 Å². The Bertz CT molecular complexity index is 180. The quantitative estimate of drug-likeness (QED) is 0.476. The van der Waals surface area contributed by atoms with E-state index in [1.54, 1.807) is 25.2 Å². The molecule has 0 amide bonds. The minimum Gasteiger partial charge on any atom is -0.508 e. The third-order valence-corrected chi connectivity index (χ3v) is 1.27. The number of hydrogen-bond donors (Lipinski definition) is 2. The van der Waals surface area contributed by atoms with Gasteiger partial charge in [0.05, 0.1) is 0 Å². The average Bonchev–Trinajstić information content (AvgIpc) is 2.03. The molecule has 0 aromatic heterocycles. The molecule has 2 nitrogen and oxygen atoms in total. The van der Waals surface area contributed by atoms with Crippen molar-refractivity contribution in [2.75, 3.05) is 13.6 Å². The maximum absolute atomic E-state index is 9.10. The molecule has 0 saturated carbocycles. The molecule has 0 atom stereocenters. The van der Waals surface area contributed by atoms with Crippen molar-refractivity contribution >= 4 is 0 Å². The van der Waals surface area contributed by atoms with E-state index >= 15 is 0 Å². The third-order valence-electron chi connectivity index (χ3n) is 1.27. The van der Waals surface area contributed by atoms with Gasteiger partial charge in [-0.15, -0.1) is 0 Å². The van der Waals surface area contributed by atoms with E-state index in [1.165, 1.54) is 0 Å². The van der Waals surface area contributed by atoms with Gasteiger partial charge in [-0.25, -0.2) is 0 Å². The first-order chi connectivity index (χ1) is 5.24. The Kier molecular flexibility index (Phi) is 5.21. The minimum atomic E-state index is 0.273. The zero-order valence-corrected chi connectivity index (χ0v) is 7.09. The van der Waals surface area contributed by atoms with Gasteiger partial charge >= 0.3 is 0 Å². The number of allylic oxidation sites excluding steroid dienone is 2. The molecule has 0 rings (SSSR count). The number of aliphatic hydroxyl groups excluding tert-OH is 1. The Labute approximate surface area is 67.9 Å². The highest BCUT2D eigenvalue weighted by Crippen LogP contribution is 1.99. The lowest BCUT2D eigenvalue weighted by Gasteiger charge is -1.99. The molecule has 0 fully saturated rings. The van der Waals surface area contributed by atoms with Crippen LogP contribution < -0.4 is 5.32 Å². The molecule has 2 N–H and O–H groups in total. The summed E-state index contributed by atoms with van der Waals surface area (Å²) >= 11 is 0. The van der Waals surface area contributed by atoms with Crippen molar-refractivity contribution in [3.8, 4) is 0 Å². The van der Waals surface area contributed by atoms with Crippen molar-refractivity contribution in [3.05, 3.63) is 36.1 Å². The fourth-order valence-corrected chi connectivity index (χ4v) is 0.660. The Balaban J connectivity index is 4.22. The largest absolute Gasteiger partial charge is 0.508 e. The van der Waals surface area contributed by atoms with E-state index in [-0.39, 0.29) is 5.76 Å². The lowest BCUT2D eigenvalue weighted by Crippen LogP contribution is -2.09. The summed E-state index contributed by atoms with van der Waals surface area (Å²) in [4.78, 5) is 0. The predicted octanol–water partition coefficient (Wildman–Crippen LogP) is 1.78. The summed E-state index contributed by atoms with van der Waals surface area (Å²) < 4.78 is 0. The number of nitrogens with one attached hydrogen (secondary N) is 1. The van der Waals surface area contributed by atoms with E-state index in [4.69, 9.17) is 5.11 Å². The fourth-order valence-electron chi connectivity index (χ4n) is 0.660. The lowest BCUT2D eigenvalue weighted by atomic mass is 10.2. The van der Waals surface area contributed by atoms with Gasteiger partial charge in [0, 0.05) is 6.54 Å². The van der Waals surface area contributed by atoms with Crippen LogP contribution in [0.15, 0.2) is 36.1 Å². The standard InChI is InChI=1S/C9H15NO/c1-4-8(7-10-3)6-9(11)5-2/h4-6,10-11H,1,7H2,2-3H3/b8-6+,9-5+. The number of likely N-dealkylation sites (N-methyl/N-ethyl adjacent to an activating group) is 1. The van der Waals surface area contributed by atoms with E-state index in [0.29, 0.717) is 0 Å². The molecule has 0 heterocycles. The molecule has 0 saturated heterocycles. The smallest absolute Gasteiger partial charge is 0.111 e. The van der Waals surface area contributed by atoms with Crippen LogP contribution in [0, 0.1) is 0 Å². The Morgan fingerprint density at radius 2 is 2.27 bits per heavy atom. The van der Waals surface area contributed by atoms with Gasteiger partial charge in [0.15, 0.2) is 0 Å². The molecule has 0 bridgehead atoms. The van der Waals surface area contributed by atoms with Crippen LogP contribution in [0.1, 0.15) is 6.92 Å². The molecule has 0 unspecified atom stereocenters. The number of aliphatic hydroxyl groups is 1. The minimum absolute atomic E-state index is 0.273. The highest BCUT2D eigenvalue weighted by atomic mass is 16.3. The lowest BCUT2D eigenvalue weighted by molar-refractivity contribution is 0.430. The molecule has 0 aliphatic heterocycles. The van der Waals surface area contributed by atoms with Crippen molar-refractivity contribution < 1.29 is 5.11 Å². The summed E-state index contributed by atoms with van der Waals surface area (Å²) in [5, 5.41) is 12.1. The molecule has 0 aromatic carbocycles. The summed E-state index contributed by atoms with van der Waals surface area (Å²) in [6.45, 7) is 6.13. The highest BCUT2D eigenvalue weighted by Gasteiger charge is 1.89. The maximum Gasteiger partial charge on any atom is 0.111 e. The monoisotopic (exact) mass is 153 g/mol. The van der Waals surface area contributed by atoms with Gasteiger partial charge in [-0.05, 0) is 31.7 Å². The summed E-state index contributed by atoms with van der Waals surface area (Å²) in [5.74, 6) is 0.273. The van der Waals surface area contributed by atoms with E-state index < -0.39 is 0 Å². The summed E-state index contributed by atoms with van der Waals surface area (Å²) in [6, 6.07) is 0. The summed E-state index contributed by atoms with van der Waals surface area (Å²) in [5.41, 5.74) is 0.975. The zero-order valence-electron chi connectivity index (χ0n) is 7.09. The molecule has 62 valence electrons. The van der Waals surface area contributed by atoms with Gasteiger partial charge in [0.2, 0.25) is 0 Å². The van der Waals surface area contributed by atoms with Gasteiger partial charge in [0.25, 0.3) is 0 Å². The van der Waals surface area contributed by atoms with Crippen LogP contribution in [0.2, 0.25) is 0 Å². The van der Waals surface area contributed by atoms with E-state index in [9.17, 15) is 0 Å². The SMILES string of the molecule is C=C/C(=C\C(O)=C/C)CNC. The topological polar surface area (TPSA) is 32.3 Å². The van der Waals surface area contributed by atoms with Crippen molar-refractivity contribution in [3.63, 3.8) is 0 Å². The first-order valence-electron chi connectivity index (χ1n) is 3.57. The van der Waals surface area contributed by atoms with Crippen LogP contribution in [0.25, 0.3) is 0 Å². The third kappa shape index (κ3) is 4.39. The Hall–Kier alpha value is -1.02. The Morgan fingerprint density at radius 3 is 2.64 bits per heavy atom. The van der Waals surface area contributed by atoms with Crippen LogP contribution in [0.4, 0.5) is 0 Å². The van der Waals surface area contributed by atoms with Crippen LogP contribution in [0.5, 0.6) is 0 Å². The first-order valence-corrected chi connectivity index (χ1v) is 3.57. The van der Waals surface area contributed by atoms with Crippen LogP contribution in [-0.2, 0) is 0 Å². The molecule has 0 spiro atoms. The Morgan fingerprint density at radius 1 is 1.64 bits per heavy atom. The molecule has 2 heteroatoms. The molecule has 0 aromatic rings. The zero-order chi connectivity index (χ0) is 8.69. The highest BCUT2D eigenvalue weighted by molar-refractivity contribution is 5.26. The molecule has 0 aliphatic carbocycles. The van der Waals surface area contributed by atoms with Crippen molar-refractivity contribution in [1.29, 1.82) is 0 Å². The van der Waals surface area contributed by atoms with Crippen LogP contribution >= 0.6 is 0 Å². The summed E-state index contributed by atoms with van der Waals surface area (Å²) in [7, 11) is 1.85. The normalized spacial score (nSPS) is 13.3. The van der Waals surface area contributed by atoms with Crippen molar-refractivity contribution in [2.24, 2.45) is 0 Å².